The molecule has 1 heterocycles. The van der Waals surface area contributed by atoms with Crippen LogP contribution >= 0.6 is 0 Å². The number of nitrogens with zero attached hydrogens (tertiary/aromatic N) is 3. The van der Waals surface area contributed by atoms with Crippen LogP contribution in [-0.4, -0.2) is 30.1 Å². The van der Waals surface area contributed by atoms with Gasteiger partial charge in [0.15, 0.2) is 0 Å². The lowest BCUT2D eigenvalue weighted by molar-refractivity contribution is 0.251. The summed E-state index contributed by atoms with van der Waals surface area (Å²) >= 11 is 0. The Balaban J connectivity index is 1.97. The van der Waals surface area contributed by atoms with Gasteiger partial charge < -0.3 is 15.5 Å². The number of anilines is 2. The topological polar surface area (TPSA) is 70.2 Å². The summed E-state index contributed by atoms with van der Waals surface area (Å²) in [6.45, 7) is 0.102. The molecule has 1 aromatic heterocycles. The molecule has 6 nitrogen and oxygen atoms in total. The third-order valence-electron chi connectivity index (χ3n) is 2.73. The van der Waals surface area contributed by atoms with Crippen LogP contribution in [0.25, 0.3) is 0 Å². The molecule has 2 amide bonds. The molecule has 116 valence electrons. The van der Waals surface area contributed by atoms with Crippen molar-refractivity contribution in [3.05, 3.63) is 47.8 Å². The van der Waals surface area contributed by atoms with Crippen LogP contribution in [0.15, 0.2) is 30.5 Å². The maximum absolute atomic E-state index is 13.4. The summed E-state index contributed by atoms with van der Waals surface area (Å²) in [5, 5.41) is 4.61. The van der Waals surface area contributed by atoms with Crippen molar-refractivity contribution < 1.29 is 13.6 Å². The molecular formula is C14H15F2N5O. The molecule has 2 aromatic rings. The number of aromatic nitrogens is 2. The quantitative estimate of drug-likeness (QED) is 0.908. The van der Waals surface area contributed by atoms with Gasteiger partial charge in [0.05, 0.1) is 12.2 Å². The van der Waals surface area contributed by atoms with E-state index in [4.69, 9.17) is 0 Å². The number of carbonyl (C=O) groups is 1. The number of rotatable bonds is 4. The number of urea groups is 1. The maximum atomic E-state index is 13.4. The molecule has 0 spiro atoms. The van der Waals surface area contributed by atoms with E-state index in [0.29, 0.717) is 11.6 Å². The second-order valence-corrected chi connectivity index (χ2v) is 4.65. The molecular weight excluding hydrogens is 292 g/mol. The predicted octanol–water partition coefficient (Wildman–Crippen LogP) is 2.14. The molecule has 0 fully saturated rings. The minimum atomic E-state index is -0.841. The molecule has 0 aliphatic rings. The molecule has 0 aliphatic heterocycles. The molecule has 2 N–H and O–H groups in total. The molecule has 0 saturated heterocycles. The van der Waals surface area contributed by atoms with Crippen LogP contribution in [-0.2, 0) is 6.54 Å². The van der Waals surface area contributed by atoms with Crippen molar-refractivity contribution in [2.75, 3.05) is 24.3 Å². The molecule has 0 radical (unpaired) electrons. The minimum absolute atomic E-state index is 0.102. The Morgan fingerprint density at radius 2 is 1.91 bits per heavy atom. The zero-order valence-corrected chi connectivity index (χ0v) is 12.1. The minimum Gasteiger partial charge on any atom is -0.347 e. The van der Waals surface area contributed by atoms with Crippen molar-refractivity contribution in [2.24, 2.45) is 0 Å². The van der Waals surface area contributed by atoms with E-state index in [-0.39, 0.29) is 6.54 Å². The average Bonchev–Trinajstić information content (AvgIpc) is 2.49. The number of carbonyl (C=O) groups excluding carboxylic acids is 1. The van der Waals surface area contributed by atoms with Gasteiger partial charge in [-0.25, -0.2) is 23.5 Å². The van der Waals surface area contributed by atoms with Gasteiger partial charge in [-0.1, -0.05) is 6.07 Å². The standard InChI is InChI=1S/C14H15F2N5O/c1-21(2)13-17-7-6-9(19-13)8-18-14(22)20-12-10(15)4-3-5-11(12)16/h3-7H,8H2,1-2H3,(H2,18,20,22). The van der Waals surface area contributed by atoms with Gasteiger partial charge in [-0.2, -0.15) is 0 Å². The fourth-order valence-electron chi connectivity index (χ4n) is 1.64. The van der Waals surface area contributed by atoms with E-state index in [9.17, 15) is 13.6 Å². The molecule has 22 heavy (non-hydrogen) atoms. The zero-order chi connectivity index (χ0) is 16.1. The molecule has 1 aromatic carbocycles. The summed E-state index contributed by atoms with van der Waals surface area (Å²) in [6, 6.07) is 4.25. The Labute approximate surface area is 126 Å². The van der Waals surface area contributed by atoms with Gasteiger partial charge >= 0.3 is 6.03 Å². The van der Waals surface area contributed by atoms with Crippen LogP contribution < -0.4 is 15.5 Å². The van der Waals surface area contributed by atoms with Gasteiger partial charge in [0.25, 0.3) is 0 Å². The lowest BCUT2D eigenvalue weighted by atomic mass is 10.3. The van der Waals surface area contributed by atoms with Crippen molar-refractivity contribution in [2.45, 2.75) is 6.54 Å². The molecule has 0 atom stereocenters. The van der Waals surface area contributed by atoms with E-state index < -0.39 is 23.4 Å². The highest BCUT2D eigenvalue weighted by molar-refractivity contribution is 5.89. The Bertz CT molecular complexity index is 658. The number of halogens is 2. The summed E-state index contributed by atoms with van der Waals surface area (Å²) in [6.07, 6.45) is 1.56. The smallest absolute Gasteiger partial charge is 0.319 e. The van der Waals surface area contributed by atoms with Crippen molar-refractivity contribution in [3.63, 3.8) is 0 Å². The Morgan fingerprint density at radius 1 is 1.23 bits per heavy atom. The van der Waals surface area contributed by atoms with Crippen molar-refractivity contribution >= 4 is 17.7 Å². The van der Waals surface area contributed by atoms with E-state index in [1.807, 2.05) is 0 Å². The first-order valence-electron chi connectivity index (χ1n) is 6.45. The number of nitrogens with one attached hydrogen (secondary N) is 2. The Kier molecular flexibility index (Phi) is 4.82. The second kappa shape index (κ2) is 6.79. The number of amides is 2. The number of hydrogen-bond acceptors (Lipinski definition) is 4. The first kappa shape index (κ1) is 15.6. The summed E-state index contributed by atoms with van der Waals surface area (Å²) in [5.74, 6) is -1.18. The second-order valence-electron chi connectivity index (χ2n) is 4.65. The van der Waals surface area contributed by atoms with Crippen LogP contribution in [0.5, 0.6) is 0 Å². The van der Waals surface area contributed by atoms with Gasteiger partial charge in [-0.05, 0) is 18.2 Å². The fourth-order valence-corrected chi connectivity index (χ4v) is 1.64. The van der Waals surface area contributed by atoms with Crippen LogP contribution in [0, 0.1) is 11.6 Å². The van der Waals surface area contributed by atoms with Crippen LogP contribution in [0.1, 0.15) is 5.69 Å². The van der Waals surface area contributed by atoms with E-state index in [1.54, 1.807) is 31.3 Å². The van der Waals surface area contributed by atoms with Gasteiger partial charge in [0, 0.05) is 20.3 Å². The summed E-state index contributed by atoms with van der Waals surface area (Å²) < 4.78 is 26.8. The SMILES string of the molecule is CN(C)c1nccc(CNC(=O)Nc2c(F)cccc2F)n1. The molecule has 0 saturated carbocycles. The molecule has 8 heteroatoms. The lowest BCUT2D eigenvalue weighted by Gasteiger charge is -2.12. The monoisotopic (exact) mass is 307 g/mol. The van der Waals surface area contributed by atoms with E-state index >= 15 is 0 Å². The molecule has 0 unspecified atom stereocenters. The molecule has 2 rings (SSSR count). The normalized spacial score (nSPS) is 10.2. The first-order valence-corrected chi connectivity index (χ1v) is 6.45. The highest BCUT2D eigenvalue weighted by Gasteiger charge is 2.11. The highest BCUT2D eigenvalue weighted by Crippen LogP contribution is 2.17. The van der Waals surface area contributed by atoms with E-state index in [0.717, 1.165) is 12.1 Å². The van der Waals surface area contributed by atoms with Crippen molar-refractivity contribution in [1.82, 2.24) is 15.3 Å². The third kappa shape index (κ3) is 3.87. The summed E-state index contributed by atoms with van der Waals surface area (Å²) in [4.78, 5) is 21.7. The van der Waals surface area contributed by atoms with Crippen molar-refractivity contribution in [1.29, 1.82) is 0 Å². The van der Waals surface area contributed by atoms with E-state index in [2.05, 4.69) is 20.6 Å². The van der Waals surface area contributed by atoms with Gasteiger partial charge in [0.2, 0.25) is 5.95 Å². The van der Waals surface area contributed by atoms with Crippen LogP contribution in [0.4, 0.5) is 25.2 Å². The first-order chi connectivity index (χ1) is 10.5. The molecule has 0 bridgehead atoms. The number of hydrogen-bond donors (Lipinski definition) is 2. The third-order valence-corrected chi connectivity index (χ3v) is 2.73. The maximum Gasteiger partial charge on any atom is 0.319 e. The van der Waals surface area contributed by atoms with Gasteiger partial charge in [0.1, 0.15) is 17.3 Å². The van der Waals surface area contributed by atoms with E-state index in [1.165, 1.54) is 6.07 Å². The summed E-state index contributed by atoms with van der Waals surface area (Å²) in [5.41, 5.74) is 0.0829. The fraction of sp³-hybridized carbons (Fsp3) is 0.214. The number of para-hydroxylation sites is 1. The largest absolute Gasteiger partial charge is 0.347 e. The number of benzene rings is 1. The van der Waals surface area contributed by atoms with Crippen LogP contribution in [0.3, 0.4) is 0 Å². The van der Waals surface area contributed by atoms with Crippen molar-refractivity contribution in [3.8, 4) is 0 Å². The average molecular weight is 307 g/mol. The predicted molar refractivity (Wildman–Crippen MR) is 78.6 cm³/mol. The Hall–Kier alpha value is -2.77. The van der Waals surface area contributed by atoms with Crippen LogP contribution in [0.2, 0.25) is 0 Å². The molecule has 0 aliphatic carbocycles. The Morgan fingerprint density at radius 3 is 2.55 bits per heavy atom. The van der Waals surface area contributed by atoms with Gasteiger partial charge in [-0.15, -0.1) is 0 Å². The summed E-state index contributed by atoms with van der Waals surface area (Å²) in [7, 11) is 3.58. The van der Waals surface area contributed by atoms with Gasteiger partial charge in [-0.3, -0.25) is 0 Å². The zero-order valence-electron chi connectivity index (χ0n) is 12.1. The lowest BCUT2D eigenvalue weighted by Crippen LogP contribution is -2.29. The highest BCUT2D eigenvalue weighted by atomic mass is 19.1.